The number of rotatable bonds is 7. The lowest BCUT2D eigenvalue weighted by Crippen LogP contribution is -2.45. The van der Waals surface area contributed by atoms with Crippen LogP contribution in [0.5, 0.6) is 0 Å². The van der Waals surface area contributed by atoms with Crippen LogP contribution in [-0.4, -0.2) is 56.0 Å². The summed E-state index contributed by atoms with van der Waals surface area (Å²) in [7, 11) is 0. The molecule has 0 radical (unpaired) electrons. The summed E-state index contributed by atoms with van der Waals surface area (Å²) in [5.41, 5.74) is 0.913. The van der Waals surface area contributed by atoms with Gasteiger partial charge in [-0.3, -0.25) is 9.36 Å². The van der Waals surface area contributed by atoms with Gasteiger partial charge in [0, 0.05) is 30.2 Å². The normalized spacial score (nSPS) is 15.4. The topological polar surface area (TPSA) is 54.3 Å². The lowest BCUT2D eigenvalue weighted by molar-refractivity contribution is -0.133. The van der Waals surface area contributed by atoms with E-state index in [-0.39, 0.29) is 23.2 Å². The summed E-state index contributed by atoms with van der Waals surface area (Å²) in [6.45, 7) is 12.1. The Labute approximate surface area is 182 Å². The van der Waals surface area contributed by atoms with E-state index in [1.54, 1.807) is 0 Å². The number of thioether (sulfide) groups is 1. The number of benzene rings is 1. The van der Waals surface area contributed by atoms with E-state index in [0.29, 0.717) is 10.2 Å². The molecule has 2 heterocycles. The van der Waals surface area contributed by atoms with Gasteiger partial charge in [-0.25, -0.2) is 0 Å². The molecule has 1 saturated heterocycles. The van der Waals surface area contributed by atoms with Crippen molar-refractivity contribution in [1.82, 2.24) is 19.7 Å². The summed E-state index contributed by atoms with van der Waals surface area (Å²) in [5, 5.41) is 10.0. The first-order chi connectivity index (χ1) is 13.8. The molecule has 6 nitrogen and oxygen atoms in total. The number of aromatic nitrogens is 3. The number of carbonyl (C=O) groups is 1. The highest BCUT2D eigenvalue weighted by Gasteiger charge is 2.29. The summed E-state index contributed by atoms with van der Waals surface area (Å²) in [5.74, 6) is 0.930. The summed E-state index contributed by atoms with van der Waals surface area (Å²) < 4.78 is 2.03. The van der Waals surface area contributed by atoms with E-state index in [2.05, 4.69) is 42.8 Å². The van der Waals surface area contributed by atoms with E-state index in [4.69, 9.17) is 11.6 Å². The Morgan fingerprint density at radius 3 is 2.34 bits per heavy atom. The third kappa shape index (κ3) is 4.89. The highest BCUT2D eigenvalue weighted by molar-refractivity contribution is 8.00. The minimum Gasteiger partial charge on any atom is -0.341 e. The molecular weight excluding hydrogens is 406 g/mol. The largest absolute Gasteiger partial charge is 0.341 e. The summed E-state index contributed by atoms with van der Waals surface area (Å²) in [6, 6.07) is 7.99. The predicted octanol–water partition coefficient (Wildman–Crippen LogP) is 4.65. The van der Waals surface area contributed by atoms with Crippen LogP contribution in [0.25, 0.3) is 5.69 Å². The second-order valence-corrected chi connectivity index (χ2v) is 9.73. The quantitative estimate of drug-likeness (QED) is 0.592. The van der Waals surface area contributed by atoms with E-state index >= 15 is 0 Å². The van der Waals surface area contributed by atoms with Crippen molar-refractivity contribution in [3.05, 3.63) is 29.3 Å². The van der Waals surface area contributed by atoms with Gasteiger partial charge < -0.3 is 9.80 Å². The number of carbonyl (C=O) groups excluding carboxylic acids is 1. The van der Waals surface area contributed by atoms with E-state index < -0.39 is 0 Å². The fourth-order valence-corrected chi connectivity index (χ4v) is 4.93. The zero-order valence-electron chi connectivity index (χ0n) is 17.8. The first-order valence-electron chi connectivity index (χ1n) is 10.2. The third-order valence-electron chi connectivity index (χ3n) is 5.07. The average molecular weight is 436 g/mol. The second kappa shape index (κ2) is 9.39. The smallest absolute Gasteiger partial charge is 0.236 e. The van der Waals surface area contributed by atoms with Crippen LogP contribution in [0.15, 0.2) is 29.4 Å². The Kier molecular flexibility index (Phi) is 7.11. The molecule has 29 heavy (non-hydrogen) atoms. The van der Waals surface area contributed by atoms with Gasteiger partial charge in [0.25, 0.3) is 0 Å². The van der Waals surface area contributed by atoms with E-state index in [1.807, 2.05) is 40.7 Å². The maximum atomic E-state index is 13.1. The third-order valence-corrected chi connectivity index (χ3v) is 6.33. The Bertz CT molecular complexity index is 839. The van der Waals surface area contributed by atoms with Gasteiger partial charge in [-0.05, 0) is 65.7 Å². The van der Waals surface area contributed by atoms with Gasteiger partial charge >= 0.3 is 0 Å². The van der Waals surface area contributed by atoms with Crippen LogP contribution in [0.4, 0.5) is 5.95 Å². The Balaban J connectivity index is 1.94. The number of nitrogens with zero attached hydrogens (tertiary/aromatic N) is 5. The van der Waals surface area contributed by atoms with Crippen LogP contribution in [0.1, 0.15) is 47.5 Å². The van der Waals surface area contributed by atoms with Crippen LogP contribution in [0.3, 0.4) is 0 Å². The SMILES string of the molecule is CC(Sc1nnc(N2CCCC2)n1-c1cccc(Cl)c1)C(=O)N(C(C)C)C(C)C. The van der Waals surface area contributed by atoms with Gasteiger partial charge in [-0.15, -0.1) is 10.2 Å². The predicted molar refractivity (Wildman–Crippen MR) is 120 cm³/mol. The lowest BCUT2D eigenvalue weighted by Gasteiger charge is -2.32. The van der Waals surface area contributed by atoms with Crippen LogP contribution in [-0.2, 0) is 4.79 Å². The molecule has 1 amide bonds. The Morgan fingerprint density at radius 2 is 1.76 bits per heavy atom. The van der Waals surface area contributed by atoms with E-state index in [1.165, 1.54) is 11.8 Å². The molecule has 0 N–H and O–H groups in total. The van der Waals surface area contributed by atoms with Crippen molar-refractivity contribution in [1.29, 1.82) is 0 Å². The molecule has 1 aromatic carbocycles. The second-order valence-electron chi connectivity index (χ2n) is 7.99. The molecule has 1 aliphatic heterocycles. The van der Waals surface area contributed by atoms with Gasteiger partial charge in [-0.1, -0.05) is 29.4 Å². The maximum Gasteiger partial charge on any atom is 0.236 e. The zero-order chi connectivity index (χ0) is 21.1. The maximum absolute atomic E-state index is 13.1. The molecule has 0 saturated carbocycles. The van der Waals surface area contributed by atoms with Crippen molar-refractivity contribution in [2.45, 2.75) is 70.0 Å². The molecule has 8 heteroatoms. The van der Waals surface area contributed by atoms with Gasteiger partial charge in [-0.2, -0.15) is 0 Å². The van der Waals surface area contributed by atoms with Gasteiger partial charge in [0.2, 0.25) is 11.9 Å². The highest BCUT2D eigenvalue weighted by Crippen LogP contribution is 2.32. The standard InChI is InChI=1S/C21H30ClN5OS/c1-14(2)26(15(3)4)19(28)16(5)29-21-24-23-20(25-11-6-7-12-25)27(21)18-10-8-9-17(22)13-18/h8-10,13-16H,6-7,11-12H2,1-5H3. The van der Waals surface area contributed by atoms with Crippen LogP contribution in [0, 0.1) is 0 Å². The number of hydrogen-bond acceptors (Lipinski definition) is 5. The van der Waals surface area contributed by atoms with Crippen LogP contribution < -0.4 is 4.90 Å². The van der Waals surface area contributed by atoms with Crippen LogP contribution in [0.2, 0.25) is 5.02 Å². The van der Waals surface area contributed by atoms with Crippen molar-refractivity contribution in [3.8, 4) is 5.69 Å². The molecule has 158 valence electrons. The molecule has 1 aliphatic rings. The summed E-state index contributed by atoms with van der Waals surface area (Å²) >= 11 is 7.71. The van der Waals surface area contributed by atoms with Crippen molar-refractivity contribution in [3.63, 3.8) is 0 Å². The number of halogens is 1. The molecule has 0 bridgehead atoms. The molecule has 0 spiro atoms. The van der Waals surface area contributed by atoms with E-state index in [9.17, 15) is 4.79 Å². The average Bonchev–Trinajstić information content (AvgIpc) is 3.30. The Hall–Kier alpha value is -1.73. The van der Waals surface area contributed by atoms with Gasteiger partial charge in [0.15, 0.2) is 5.16 Å². The molecule has 2 aromatic rings. The lowest BCUT2D eigenvalue weighted by atomic mass is 10.2. The molecule has 3 rings (SSSR count). The summed E-state index contributed by atoms with van der Waals surface area (Å²) in [6.07, 6.45) is 2.30. The van der Waals surface area contributed by atoms with Gasteiger partial charge in [0.05, 0.1) is 10.9 Å². The highest BCUT2D eigenvalue weighted by atomic mass is 35.5. The minimum atomic E-state index is -0.270. The monoisotopic (exact) mass is 435 g/mol. The van der Waals surface area contributed by atoms with Crippen molar-refractivity contribution < 1.29 is 4.79 Å². The molecule has 1 aromatic heterocycles. The minimum absolute atomic E-state index is 0.114. The fourth-order valence-electron chi connectivity index (χ4n) is 3.83. The van der Waals surface area contributed by atoms with Gasteiger partial charge in [0.1, 0.15) is 0 Å². The van der Waals surface area contributed by atoms with Crippen LogP contribution >= 0.6 is 23.4 Å². The number of hydrogen-bond donors (Lipinski definition) is 0. The summed E-state index contributed by atoms with van der Waals surface area (Å²) in [4.78, 5) is 17.3. The molecule has 0 aliphatic carbocycles. The van der Waals surface area contributed by atoms with Crippen molar-refractivity contribution in [2.75, 3.05) is 18.0 Å². The van der Waals surface area contributed by atoms with Crippen molar-refractivity contribution >= 4 is 35.2 Å². The van der Waals surface area contributed by atoms with E-state index in [0.717, 1.165) is 37.6 Å². The molecular formula is C21H30ClN5OS. The first kappa shape index (κ1) is 22.0. The number of amides is 1. The fraction of sp³-hybridized carbons (Fsp3) is 0.571. The molecule has 1 atom stereocenters. The van der Waals surface area contributed by atoms with Crippen molar-refractivity contribution in [2.24, 2.45) is 0 Å². The zero-order valence-corrected chi connectivity index (χ0v) is 19.4. The number of anilines is 1. The Morgan fingerprint density at radius 1 is 1.10 bits per heavy atom. The molecule has 1 fully saturated rings. The molecule has 1 unspecified atom stereocenters. The first-order valence-corrected chi connectivity index (χ1v) is 11.5.